The molecule has 122 valence electrons. The Morgan fingerprint density at radius 2 is 1.95 bits per heavy atom. The van der Waals surface area contributed by atoms with E-state index >= 15 is 0 Å². The maximum atomic E-state index is 12.3. The molecule has 2 atom stereocenters. The molecule has 0 spiro atoms. The van der Waals surface area contributed by atoms with Crippen molar-refractivity contribution in [3.05, 3.63) is 24.3 Å². The SMILES string of the molecule is CC1CN(C(=O)Nc2ccc(SC(C)(C)C)cc2)CCC1O. The van der Waals surface area contributed by atoms with Crippen LogP contribution >= 0.6 is 11.8 Å². The maximum Gasteiger partial charge on any atom is 0.321 e. The van der Waals surface area contributed by atoms with Gasteiger partial charge in [-0.25, -0.2) is 4.79 Å². The molecule has 22 heavy (non-hydrogen) atoms. The molecule has 0 aromatic heterocycles. The molecule has 1 fully saturated rings. The van der Waals surface area contributed by atoms with E-state index in [9.17, 15) is 9.90 Å². The summed E-state index contributed by atoms with van der Waals surface area (Å²) in [6.07, 6.45) is 0.355. The van der Waals surface area contributed by atoms with Gasteiger partial charge in [0.05, 0.1) is 6.10 Å². The van der Waals surface area contributed by atoms with E-state index in [0.29, 0.717) is 19.5 Å². The third-order valence-corrected chi connectivity index (χ3v) is 4.80. The molecule has 2 unspecified atom stereocenters. The molecule has 0 saturated carbocycles. The van der Waals surface area contributed by atoms with E-state index < -0.39 is 0 Å². The number of urea groups is 1. The van der Waals surface area contributed by atoms with Crippen molar-refractivity contribution in [2.45, 2.75) is 49.9 Å². The van der Waals surface area contributed by atoms with Gasteiger partial charge in [0.1, 0.15) is 0 Å². The molecular weight excluding hydrogens is 296 g/mol. The van der Waals surface area contributed by atoms with Crippen LogP contribution < -0.4 is 5.32 Å². The summed E-state index contributed by atoms with van der Waals surface area (Å²) < 4.78 is 0.176. The molecule has 1 aromatic rings. The average Bonchev–Trinajstić information content (AvgIpc) is 2.42. The number of carbonyl (C=O) groups excluding carboxylic acids is 1. The third kappa shape index (κ3) is 4.92. The summed E-state index contributed by atoms with van der Waals surface area (Å²) in [5.41, 5.74) is 0.807. The predicted octanol–water partition coefficient (Wildman–Crippen LogP) is 3.81. The summed E-state index contributed by atoms with van der Waals surface area (Å²) >= 11 is 1.81. The maximum absolute atomic E-state index is 12.3. The van der Waals surface area contributed by atoms with Gasteiger partial charge in [-0.2, -0.15) is 0 Å². The van der Waals surface area contributed by atoms with E-state index in [1.807, 2.05) is 31.2 Å². The Morgan fingerprint density at radius 3 is 2.50 bits per heavy atom. The largest absolute Gasteiger partial charge is 0.393 e. The van der Waals surface area contributed by atoms with Crippen LogP contribution in [0.5, 0.6) is 0 Å². The minimum absolute atomic E-state index is 0.0880. The number of aliphatic hydroxyl groups excluding tert-OH is 1. The summed E-state index contributed by atoms with van der Waals surface area (Å²) in [7, 11) is 0. The van der Waals surface area contributed by atoms with E-state index in [-0.39, 0.29) is 22.8 Å². The molecule has 2 rings (SSSR count). The van der Waals surface area contributed by atoms with Crippen molar-refractivity contribution in [3.8, 4) is 0 Å². The third-order valence-electron chi connectivity index (χ3n) is 3.68. The van der Waals surface area contributed by atoms with Crippen molar-refractivity contribution < 1.29 is 9.90 Å². The zero-order chi connectivity index (χ0) is 16.3. The van der Waals surface area contributed by atoms with Crippen molar-refractivity contribution in [3.63, 3.8) is 0 Å². The first-order valence-corrected chi connectivity index (χ1v) is 8.59. The lowest BCUT2D eigenvalue weighted by Crippen LogP contribution is -2.46. The first-order chi connectivity index (χ1) is 10.2. The summed E-state index contributed by atoms with van der Waals surface area (Å²) in [4.78, 5) is 15.2. The van der Waals surface area contributed by atoms with Crippen LogP contribution in [0.25, 0.3) is 0 Å². The first kappa shape index (κ1) is 17.2. The van der Waals surface area contributed by atoms with Crippen molar-refractivity contribution in [1.82, 2.24) is 4.90 Å². The van der Waals surface area contributed by atoms with Crippen molar-refractivity contribution in [2.75, 3.05) is 18.4 Å². The molecule has 1 saturated heterocycles. The molecule has 1 aromatic carbocycles. The highest BCUT2D eigenvalue weighted by Crippen LogP contribution is 2.32. The van der Waals surface area contributed by atoms with E-state index in [1.54, 1.807) is 16.7 Å². The number of thioether (sulfide) groups is 1. The van der Waals surface area contributed by atoms with Gasteiger partial charge in [0, 0.05) is 28.4 Å². The van der Waals surface area contributed by atoms with Gasteiger partial charge in [0.25, 0.3) is 0 Å². The van der Waals surface area contributed by atoms with Gasteiger partial charge < -0.3 is 15.3 Å². The van der Waals surface area contributed by atoms with Gasteiger partial charge in [-0.15, -0.1) is 11.8 Å². The molecule has 2 amide bonds. The first-order valence-electron chi connectivity index (χ1n) is 7.78. The monoisotopic (exact) mass is 322 g/mol. The van der Waals surface area contributed by atoms with Crippen molar-refractivity contribution in [1.29, 1.82) is 0 Å². The Labute approximate surface area is 137 Å². The molecule has 0 bridgehead atoms. The molecular formula is C17H26N2O2S. The predicted molar refractivity (Wildman–Crippen MR) is 92.4 cm³/mol. The standard InChI is InChI=1S/C17H26N2O2S/c1-12-11-19(10-9-15(12)20)16(21)18-13-5-7-14(8-6-13)22-17(2,3)4/h5-8,12,15,20H,9-11H2,1-4H3,(H,18,21). The zero-order valence-electron chi connectivity index (χ0n) is 13.8. The summed E-state index contributed by atoms with van der Waals surface area (Å²) in [6.45, 7) is 9.72. The van der Waals surface area contributed by atoms with Crippen molar-refractivity contribution >= 4 is 23.5 Å². The number of rotatable bonds is 2. The normalized spacial score (nSPS) is 22.5. The lowest BCUT2D eigenvalue weighted by Gasteiger charge is -2.34. The fourth-order valence-corrected chi connectivity index (χ4v) is 3.46. The lowest BCUT2D eigenvalue weighted by atomic mass is 9.97. The van der Waals surface area contributed by atoms with E-state index in [1.165, 1.54) is 4.90 Å². The van der Waals surface area contributed by atoms with Crippen LogP contribution in [0, 0.1) is 5.92 Å². The summed E-state index contributed by atoms with van der Waals surface area (Å²) in [6, 6.07) is 7.86. The van der Waals surface area contributed by atoms with Crippen LogP contribution in [0.3, 0.4) is 0 Å². The Morgan fingerprint density at radius 1 is 1.32 bits per heavy atom. The van der Waals surface area contributed by atoms with E-state index in [0.717, 1.165) is 5.69 Å². The van der Waals surface area contributed by atoms with E-state index in [4.69, 9.17) is 0 Å². The molecule has 1 heterocycles. The fourth-order valence-electron chi connectivity index (χ4n) is 2.48. The van der Waals surface area contributed by atoms with Crippen molar-refractivity contribution in [2.24, 2.45) is 5.92 Å². The topological polar surface area (TPSA) is 52.6 Å². The van der Waals surface area contributed by atoms with Crippen LogP contribution in [0.2, 0.25) is 0 Å². The molecule has 2 N–H and O–H groups in total. The fraction of sp³-hybridized carbons (Fsp3) is 0.588. The molecule has 5 heteroatoms. The number of hydrogen-bond donors (Lipinski definition) is 2. The molecule has 4 nitrogen and oxygen atoms in total. The number of nitrogens with one attached hydrogen (secondary N) is 1. The second kappa shape index (κ2) is 6.92. The van der Waals surface area contributed by atoms with Gasteiger partial charge in [-0.1, -0.05) is 27.7 Å². The number of anilines is 1. The van der Waals surface area contributed by atoms with Crippen LogP contribution in [0.1, 0.15) is 34.1 Å². The van der Waals surface area contributed by atoms with Gasteiger partial charge in [0.15, 0.2) is 0 Å². The number of carbonyl (C=O) groups is 1. The van der Waals surface area contributed by atoms with Gasteiger partial charge in [-0.05, 0) is 36.6 Å². The van der Waals surface area contributed by atoms with Gasteiger partial charge >= 0.3 is 6.03 Å². The minimum Gasteiger partial charge on any atom is -0.393 e. The summed E-state index contributed by atoms with van der Waals surface area (Å²) in [5.74, 6) is 0.130. The highest BCUT2D eigenvalue weighted by Gasteiger charge is 2.27. The Balaban J connectivity index is 1.92. The van der Waals surface area contributed by atoms with Crippen LogP contribution in [0.4, 0.5) is 10.5 Å². The van der Waals surface area contributed by atoms with Crippen LogP contribution in [-0.4, -0.2) is 40.0 Å². The number of aliphatic hydroxyl groups is 1. The second-order valence-corrected chi connectivity index (χ2v) is 8.85. The quantitative estimate of drug-likeness (QED) is 0.814. The number of amides is 2. The number of nitrogens with zero attached hydrogens (tertiary/aromatic N) is 1. The Hall–Kier alpha value is -1.20. The lowest BCUT2D eigenvalue weighted by molar-refractivity contribution is 0.0506. The highest BCUT2D eigenvalue weighted by atomic mass is 32.2. The second-order valence-electron chi connectivity index (χ2n) is 6.95. The molecule has 0 aliphatic carbocycles. The Bertz CT molecular complexity index is 510. The zero-order valence-corrected chi connectivity index (χ0v) is 14.6. The molecule has 0 radical (unpaired) electrons. The van der Waals surface area contributed by atoms with Gasteiger partial charge in [-0.3, -0.25) is 0 Å². The van der Waals surface area contributed by atoms with Crippen LogP contribution in [0.15, 0.2) is 29.2 Å². The number of likely N-dealkylation sites (tertiary alicyclic amines) is 1. The highest BCUT2D eigenvalue weighted by molar-refractivity contribution is 8.00. The van der Waals surface area contributed by atoms with Gasteiger partial charge in [0.2, 0.25) is 0 Å². The number of hydrogen-bond acceptors (Lipinski definition) is 3. The number of piperidine rings is 1. The Kier molecular flexibility index (Phi) is 5.40. The molecule has 1 aliphatic heterocycles. The summed E-state index contributed by atoms with van der Waals surface area (Å²) in [5, 5.41) is 12.7. The smallest absolute Gasteiger partial charge is 0.321 e. The van der Waals surface area contributed by atoms with E-state index in [2.05, 4.69) is 26.1 Å². The number of benzene rings is 1. The van der Waals surface area contributed by atoms with Crippen LogP contribution in [-0.2, 0) is 0 Å². The molecule has 1 aliphatic rings. The average molecular weight is 322 g/mol. The minimum atomic E-state index is -0.294.